The number of amides is 2. The number of nitrogens with one attached hydrogen (secondary N) is 1. The first kappa shape index (κ1) is 23.6. The highest BCUT2D eigenvalue weighted by Gasteiger charge is 2.20. The Labute approximate surface area is 178 Å². The van der Waals surface area contributed by atoms with Crippen LogP contribution in [0.3, 0.4) is 0 Å². The van der Waals surface area contributed by atoms with Crippen molar-refractivity contribution >= 4 is 21.8 Å². The SMILES string of the molecule is CCCCC(=O)N(CCN)Cc1ccc(-c2ccccc2S(=O)(=O)NC(C)=O)cc1. The molecule has 162 valence electrons. The Morgan fingerprint density at radius 2 is 1.73 bits per heavy atom. The molecule has 0 fully saturated rings. The van der Waals surface area contributed by atoms with Crippen LogP contribution in [0.15, 0.2) is 53.4 Å². The Morgan fingerprint density at radius 3 is 2.33 bits per heavy atom. The van der Waals surface area contributed by atoms with Gasteiger partial charge in [-0.2, -0.15) is 0 Å². The van der Waals surface area contributed by atoms with E-state index in [1.807, 2.05) is 35.9 Å². The molecule has 7 nitrogen and oxygen atoms in total. The monoisotopic (exact) mass is 431 g/mol. The molecule has 30 heavy (non-hydrogen) atoms. The zero-order chi connectivity index (χ0) is 22.1. The van der Waals surface area contributed by atoms with Gasteiger partial charge >= 0.3 is 0 Å². The van der Waals surface area contributed by atoms with E-state index in [9.17, 15) is 18.0 Å². The molecule has 0 atom stereocenters. The van der Waals surface area contributed by atoms with E-state index in [0.717, 1.165) is 25.3 Å². The highest BCUT2D eigenvalue weighted by atomic mass is 32.2. The lowest BCUT2D eigenvalue weighted by atomic mass is 10.0. The van der Waals surface area contributed by atoms with Crippen LogP contribution in [0.1, 0.15) is 38.7 Å². The van der Waals surface area contributed by atoms with Gasteiger partial charge in [0.05, 0.1) is 4.90 Å². The molecule has 0 saturated heterocycles. The third-order valence-electron chi connectivity index (χ3n) is 4.59. The molecule has 2 aromatic rings. The van der Waals surface area contributed by atoms with Gasteiger partial charge in [0.1, 0.15) is 0 Å². The van der Waals surface area contributed by atoms with Crippen molar-refractivity contribution in [1.29, 1.82) is 0 Å². The Kier molecular flexibility index (Phi) is 8.56. The Balaban J connectivity index is 2.26. The van der Waals surface area contributed by atoms with Gasteiger partial charge in [0, 0.05) is 38.5 Å². The number of hydrogen-bond donors (Lipinski definition) is 2. The standard InChI is InChI=1S/C22H29N3O4S/c1-3-4-9-22(27)25(15-14-23)16-18-10-12-19(13-11-18)20-7-5-6-8-21(20)30(28,29)24-17(2)26/h5-8,10-13H,3-4,9,14-16,23H2,1-2H3,(H,24,26). The minimum Gasteiger partial charge on any atom is -0.337 e. The van der Waals surface area contributed by atoms with Gasteiger partial charge in [0.15, 0.2) is 0 Å². The topological polar surface area (TPSA) is 110 Å². The van der Waals surface area contributed by atoms with E-state index in [1.165, 1.54) is 6.07 Å². The fourth-order valence-corrected chi connectivity index (χ4v) is 4.35. The summed E-state index contributed by atoms with van der Waals surface area (Å²) in [5, 5.41) is 0. The molecule has 0 radical (unpaired) electrons. The van der Waals surface area contributed by atoms with Gasteiger partial charge in [0.2, 0.25) is 11.8 Å². The van der Waals surface area contributed by atoms with Crippen molar-refractivity contribution in [3.63, 3.8) is 0 Å². The van der Waals surface area contributed by atoms with Crippen LogP contribution in [0.2, 0.25) is 0 Å². The number of hydrogen-bond acceptors (Lipinski definition) is 5. The number of nitrogens with zero attached hydrogens (tertiary/aromatic N) is 1. The zero-order valence-electron chi connectivity index (χ0n) is 17.4. The van der Waals surface area contributed by atoms with Gasteiger partial charge < -0.3 is 10.6 Å². The van der Waals surface area contributed by atoms with Crippen molar-refractivity contribution in [1.82, 2.24) is 9.62 Å². The van der Waals surface area contributed by atoms with Gasteiger partial charge in [0.25, 0.3) is 10.0 Å². The van der Waals surface area contributed by atoms with E-state index < -0.39 is 15.9 Å². The summed E-state index contributed by atoms with van der Waals surface area (Å²) in [7, 11) is -3.96. The van der Waals surface area contributed by atoms with E-state index in [0.29, 0.717) is 37.2 Å². The lowest BCUT2D eigenvalue weighted by Gasteiger charge is -2.22. The number of carbonyl (C=O) groups excluding carboxylic acids is 2. The Bertz CT molecular complexity index is 972. The molecule has 0 aromatic heterocycles. The lowest BCUT2D eigenvalue weighted by Crippen LogP contribution is -2.34. The maximum atomic E-state index is 12.5. The molecule has 0 heterocycles. The minimum absolute atomic E-state index is 0.0347. The second-order valence-electron chi connectivity index (χ2n) is 7.06. The second-order valence-corrected chi connectivity index (χ2v) is 8.71. The largest absolute Gasteiger partial charge is 0.337 e. The molecule has 0 aliphatic heterocycles. The first-order chi connectivity index (χ1) is 14.3. The third kappa shape index (κ3) is 6.40. The van der Waals surface area contributed by atoms with E-state index in [1.54, 1.807) is 23.1 Å². The van der Waals surface area contributed by atoms with Crippen LogP contribution in [0.25, 0.3) is 11.1 Å². The number of sulfonamides is 1. The molecule has 0 unspecified atom stereocenters. The van der Waals surface area contributed by atoms with Crippen molar-refractivity contribution in [2.24, 2.45) is 5.73 Å². The average Bonchev–Trinajstić information content (AvgIpc) is 2.71. The normalized spacial score (nSPS) is 11.2. The van der Waals surface area contributed by atoms with Crippen LogP contribution in [0, 0.1) is 0 Å². The summed E-state index contributed by atoms with van der Waals surface area (Å²) in [4.78, 5) is 25.5. The Morgan fingerprint density at radius 1 is 1.07 bits per heavy atom. The Hall–Kier alpha value is -2.71. The van der Waals surface area contributed by atoms with Crippen molar-refractivity contribution < 1.29 is 18.0 Å². The molecule has 0 bridgehead atoms. The van der Waals surface area contributed by atoms with E-state index in [2.05, 4.69) is 0 Å². The zero-order valence-corrected chi connectivity index (χ0v) is 18.2. The van der Waals surface area contributed by atoms with Crippen LogP contribution < -0.4 is 10.5 Å². The first-order valence-corrected chi connectivity index (χ1v) is 11.5. The van der Waals surface area contributed by atoms with Crippen LogP contribution in [0.4, 0.5) is 0 Å². The summed E-state index contributed by atoms with van der Waals surface area (Å²) in [5.41, 5.74) is 7.79. The summed E-state index contributed by atoms with van der Waals surface area (Å²) >= 11 is 0. The van der Waals surface area contributed by atoms with Gasteiger partial charge in [-0.3, -0.25) is 9.59 Å². The van der Waals surface area contributed by atoms with Crippen molar-refractivity contribution in [3.8, 4) is 11.1 Å². The van der Waals surface area contributed by atoms with Crippen LogP contribution in [-0.4, -0.2) is 38.2 Å². The molecule has 0 saturated carbocycles. The molecule has 2 amide bonds. The molecule has 0 spiro atoms. The van der Waals surface area contributed by atoms with E-state index in [4.69, 9.17) is 5.73 Å². The molecule has 8 heteroatoms. The molecule has 2 rings (SSSR count). The predicted molar refractivity (Wildman–Crippen MR) is 117 cm³/mol. The summed E-state index contributed by atoms with van der Waals surface area (Å²) < 4.78 is 27.0. The molecule has 0 aliphatic rings. The quantitative estimate of drug-likeness (QED) is 0.601. The highest BCUT2D eigenvalue weighted by Crippen LogP contribution is 2.27. The van der Waals surface area contributed by atoms with Crippen molar-refractivity contribution in [3.05, 3.63) is 54.1 Å². The summed E-state index contributed by atoms with van der Waals surface area (Å²) in [6.07, 6.45) is 2.30. The molecule has 2 aromatic carbocycles. The fourth-order valence-electron chi connectivity index (χ4n) is 3.13. The summed E-state index contributed by atoms with van der Waals surface area (Å²) in [6.45, 7) is 4.53. The van der Waals surface area contributed by atoms with Crippen LogP contribution in [0.5, 0.6) is 0 Å². The fraction of sp³-hybridized carbons (Fsp3) is 0.364. The van der Waals surface area contributed by atoms with Gasteiger partial charge in [-0.25, -0.2) is 13.1 Å². The second kappa shape index (κ2) is 10.9. The average molecular weight is 432 g/mol. The number of unbranched alkanes of at least 4 members (excludes halogenated alkanes) is 1. The van der Waals surface area contributed by atoms with Crippen LogP contribution >= 0.6 is 0 Å². The van der Waals surface area contributed by atoms with Crippen molar-refractivity contribution in [2.75, 3.05) is 13.1 Å². The molecular weight excluding hydrogens is 402 g/mol. The number of carbonyl (C=O) groups is 2. The third-order valence-corrected chi connectivity index (χ3v) is 6.08. The number of benzene rings is 2. The van der Waals surface area contributed by atoms with E-state index >= 15 is 0 Å². The molecular formula is C22H29N3O4S. The number of rotatable bonds is 10. The van der Waals surface area contributed by atoms with Crippen LogP contribution in [-0.2, 0) is 26.2 Å². The predicted octanol–water partition coefficient (Wildman–Crippen LogP) is 2.66. The van der Waals surface area contributed by atoms with Gasteiger partial charge in [-0.05, 0) is 23.6 Å². The van der Waals surface area contributed by atoms with E-state index in [-0.39, 0.29) is 10.8 Å². The maximum absolute atomic E-state index is 12.5. The molecule has 0 aliphatic carbocycles. The smallest absolute Gasteiger partial charge is 0.264 e. The minimum atomic E-state index is -3.96. The maximum Gasteiger partial charge on any atom is 0.264 e. The number of nitrogens with two attached hydrogens (primary N) is 1. The summed E-state index contributed by atoms with van der Waals surface area (Å²) in [6, 6.07) is 13.9. The van der Waals surface area contributed by atoms with Gasteiger partial charge in [-0.15, -0.1) is 0 Å². The summed E-state index contributed by atoms with van der Waals surface area (Å²) in [5.74, 6) is -0.564. The van der Waals surface area contributed by atoms with Gasteiger partial charge in [-0.1, -0.05) is 55.8 Å². The van der Waals surface area contributed by atoms with Crippen molar-refractivity contribution in [2.45, 2.75) is 44.6 Å². The molecule has 3 N–H and O–H groups in total. The lowest BCUT2D eigenvalue weighted by molar-refractivity contribution is -0.131. The highest BCUT2D eigenvalue weighted by molar-refractivity contribution is 7.90. The first-order valence-electron chi connectivity index (χ1n) is 9.98.